The van der Waals surface area contributed by atoms with Gasteiger partial charge < -0.3 is 37.6 Å². The van der Waals surface area contributed by atoms with Gasteiger partial charge in [-0.25, -0.2) is 4.79 Å². The number of amides is 4. The molecule has 0 rings (SSSR count). The number of aliphatic hydroxyl groups is 1. The minimum Gasteiger partial charge on any atom is -0.480 e. The summed E-state index contributed by atoms with van der Waals surface area (Å²) in [6.45, 7) is 1.33. The van der Waals surface area contributed by atoms with Gasteiger partial charge in [-0.2, -0.15) is 24.4 Å². The van der Waals surface area contributed by atoms with Gasteiger partial charge in [0.1, 0.15) is 24.2 Å². The van der Waals surface area contributed by atoms with Crippen LogP contribution >= 0.6 is 24.4 Å². The second-order valence-corrected chi connectivity index (χ2v) is 8.11. The highest BCUT2D eigenvalue weighted by molar-refractivity contribution is 7.98. The number of nitrogens with one attached hydrogen (secondary N) is 3. The van der Waals surface area contributed by atoms with E-state index in [1.807, 2.05) is 0 Å². The molecule has 9 N–H and O–H groups in total. The van der Waals surface area contributed by atoms with E-state index in [4.69, 9.17) is 11.5 Å². The van der Waals surface area contributed by atoms with E-state index >= 15 is 0 Å². The average Bonchev–Trinajstić information content (AvgIpc) is 2.70. The number of carboxylic acids is 1. The molecule has 0 spiro atoms. The van der Waals surface area contributed by atoms with Gasteiger partial charge in [-0.15, -0.1) is 0 Å². The van der Waals surface area contributed by atoms with Crippen molar-refractivity contribution in [2.45, 2.75) is 56.5 Å². The number of thioether (sulfide) groups is 1. The van der Waals surface area contributed by atoms with Crippen molar-refractivity contribution < 1.29 is 34.2 Å². The van der Waals surface area contributed by atoms with Crippen molar-refractivity contribution in [3.63, 3.8) is 0 Å². The molecule has 0 aromatic rings. The summed E-state index contributed by atoms with van der Waals surface area (Å²) in [7, 11) is 0. The Morgan fingerprint density at radius 2 is 1.48 bits per heavy atom. The third-order valence-electron chi connectivity index (χ3n) is 4.18. The summed E-state index contributed by atoms with van der Waals surface area (Å²) in [5, 5.41) is 25.7. The van der Waals surface area contributed by atoms with Crippen molar-refractivity contribution in [3.05, 3.63) is 0 Å². The van der Waals surface area contributed by atoms with Crippen LogP contribution in [-0.4, -0.2) is 87.8 Å². The summed E-state index contributed by atoms with van der Waals surface area (Å²) in [4.78, 5) is 59.4. The normalized spacial score (nSPS) is 15.6. The fourth-order valence-electron chi connectivity index (χ4n) is 2.27. The third kappa shape index (κ3) is 11.2. The Morgan fingerprint density at radius 3 is 1.94 bits per heavy atom. The molecule has 0 saturated carbocycles. The molecular weight excluding hydrogens is 450 g/mol. The highest BCUT2D eigenvalue weighted by Crippen LogP contribution is 2.04. The fourth-order valence-corrected chi connectivity index (χ4v) is 3.00. The SMILES string of the molecule is CSCCC(NC(=O)C(N)C(C)O)C(=O)NC(CS)C(=O)NC(CCC(N)=O)C(=O)O. The number of nitrogens with two attached hydrogens (primary N) is 2. The van der Waals surface area contributed by atoms with Gasteiger partial charge in [0.15, 0.2) is 0 Å². The molecular formula is C17H31N5O7S2. The van der Waals surface area contributed by atoms with Crippen LogP contribution in [0.4, 0.5) is 0 Å². The summed E-state index contributed by atoms with van der Waals surface area (Å²) in [5.41, 5.74) is 10.6. The molecule has 14 heteroatoms. The minimum absolute atomic E-state index is 0.157. The second kappa shape index (κ2) is 14.9. The summed E-state index contributed by atoms with van der Waals surface area (Å²) in [6, 6.07) is -4.86. The lowest BCUT2D eigenvalue weighted by Gasteiger charge is -2.24. The van der Waals surface area contributed by atoms with Gasteiger partial charge in [0.2, 0.25) is 23.6 Å². The van der Waals surface area contributed by atoms with Gasteiger partial charge in [0.05, 0.1) is 6.10 Å². The van der Waals surface area contributed by atoms with E-state index in [0.29, 0.717) is 5.75 Å². The van der Waals surface area contributed by atoms with Crippen LogP contribution in [0, 0.1) is 0 Å². The summed E-state index contributed by atoms with van der Waals surface area (Å²) >= 11 is 5.45. The first-order chi connectivity index (χ1) is 14.4. The number of carbonyl (C=O) groups excluding carboxylic acids is 4. The standard InChI is InChI=1S/C17H31N5O7S2/c1-8(23)13(19)16(27)20-9(5-6-31-2)14(25)22-11(7-30)15(26)21-10(17(28)29)3-4-12(18)24/h8-11,13,23,30H,3-7,19H2,1-2H3,(H2,18,24)(H,20,27)(H,21,26)(H,22,25)(H,28,29). The molecule has 12 nitrogen and oxygen atoms in total. The van der Waals surface area contributed by atoms with Crippen LogP contribution in [0.2, 0.25) is 0 Å². The van der Waals surface area contributed by atoms with Crippen LogP contribution < -0.4 is 27.4 Å². The predicted molar refractivity (Wildman–Crippen MR) is 118 cm³/mol. The molecule has 5 unspecified atom stereocenters. The van der Waals surface area contributed by atoms with Gasteiger partial charge in [-0.1, -0.05) is 0 Å². The van der Waals surface area contributed by atoms with Crippen LogP contribution in [0.15, 0.2) is 0 Å². The molecule has 0 aromatic carbocycles. The Labute approximate surface area is 190 Å². The fraction of sp³-hybridized carbons (Fsp3) is 0.706. The van der Waals surface area contributed by atoms with Crippen molar-refractivity contribution in [1.29, 1.82) is 0 Å². The van der Waals surface area contributed by atoms with Crippen LogP contribution in [0.5, 0.6) is 0 Å². The number of rotatable bonds is 15. The van der Waals surface area contributed by atoms with Gasteiger partial charge >= 0.3 is 5.97 Å². The minimum atomic E-state index is -1.38. The van der Waals surface area contributed by atoms with E-state index in [0.717, 1.165) is 0 Å². The van der Waals surface area contributed by atoms with Crippen LogP contribution in [-0.2, 0) is 24.0 Å². The number of carbonyl (C=O) groups is 5. The van der Waals surface area contributed by atoms with E-state index in [9.17, 15) is 34.2 Å². The van der Waals surface area contributed by atoms with Crippen molar-refractivity contribution in [2.75, 3.05) is 17.8 Å². The largest absolute Gasteiger partial charge is 0.480 e. The van der Waals surface area contributed by atoms with Crippen LogP contribution in [0.1, 0.15) is 26.2 Å². The number of carboxylic acid groups (broad SMARTS) is 1. The second-order valence-electron chi connectivity index (χ2n) is 6.76. The van der Waals surface area contributed by atoms with Crippen molar-refractivity contribution in [1.82, 2.24) is 16.0 Å². The molecule has 0 saturated heterocycles. The predicted octanol–water partition coefficient (Wildman–Crippen LogP) is -2.82. The Bertz CT molecular complexity index is 650. The Kier molecular flexibility index (Phi) is 13.9. The first-order valence-corrected chi connectivity index (χ1v) is 11.4. The maximum absolute atomic E-state index is 12.7. The number of hydrogen-bond donors (Lipinski definition) is 8. The average molecular weight is 482 g/mol. The van der Waals surface area contributed by atoms with Gasteiger partial charge in [0.25, 0.3) is 0 Å². The van der Waals surface area contributed by atoms with E-state index in [2.05, 4.69) is 28.6 Å². The van der Waals surface area contributed by atoms with E-state index in [-0.39, 0.29) is 25.0 Å². The number of thiol groups is 1. The van der Waals surface area contributed by atoms with Gasteiger partial charge in [-0.3, -0.25) is 19.2 Å². The van der Waals surface area contributed by atoms with Crippen molar-refractivity contribution >= 4 is 54.0 Å². The zero-order valence-electron chi connectivity index (χ0n) is 17.4. The molecule has 5 atom stereocenters. The van der Waals surface area contributed by atoms with Crippen LogP contribution in [0.3, 0.4) is 0 Å². The first kappa shape index (κ1) is 29.0. The van der Waals surface area contributed by atoms with E-state index in [1.165, 1.54) is 18.7 Å². The van der Waals surface area contributed by atoms with Crippen molar-refractivity contribution in [3.8, 4) is 0 Å². The monoisotopic (exact) mass is 481 g/mol. The summed E-state index contributed by atoms with van der Waals surface area (Å²) in [5.74, 6) is -3.99. The molecule has 0 heterocycles. The molecule has 0 aliphatic heterocycles. The Hall–Kier alpha value is -2.03. The highest BCUT2D eigenvalue weighted by Gasteiger charge is 2.30. The lowest BCUT2D eigenvalue weighted by atomic mass is 10.1. The topological polar surface area (TPSA) is 214 Å². The number of aliphatic carboxylic acids is 1. The molecule has 0 aliphatic carbocycles. The molecule has 4 amide bonds. The summed E-state index contributed by atoms with van der Waals surface area (Å²) < 4.78 is 0. The smallest absolute Gasteiger partial charge is 0.326 e. The lowest BCUT2D eigenvalue weighted by Crippen LogP contribution is -2.58. The third-order valence-corrected chi connectivity index (χ3v) is 5.18. The Morgan fingerprint density at radius 1 is 0.968 bits per heavy atom. The van der Waals surface area contributed by atoms with E-state index < -0.39 is 59.9 Å². The first-order valence-electron chi connectivity index (χ1n) is 9.40. The zero-order valence-corrected chi connectivity index (χ0v) is 19.1. The molecule has 0 aliphatic rings. The molecule has 31 heavy (non-hydrogen) atoms. The quantitative estimate of drug-likeness (QED) is 0.113. The highest BCUT2D eigenvalue weighted by atomic mass is 32.2. The lowest BCUT2D eigenvalue weighted by molar-refractivity contribution is -0.142. The van der Waals surface area contributed by atoms with Crippen molar-refractivity contribution in [2.24, 2.45) is 11.5 Å². The number of aliphatic hydroxyl groups excluding tert-OH is 1. The maximum atomic E-state index is 12.7. The van der Waals surface area contributed by atoms with E-state index in [1.54, 1.807) is 6.26 Å². The zero-order chi connectivity index (χ0) is 24.1. The molecule has 0 fully saturated rings. The molecule has 178 valence electrons. The van der Waals surface area contributed by atoms with Gasteiger partial charge in [0, 0.05) is 12.2 Å². The molecule has 0 bridgehead atoms. The van der Waals surface area contributed by atoms with Crippen LogP contribution in [0.25, 0.3) is 0 Å². The molecule has 0 aromatic heterocycles. The number of primary amides is 1. The Balaban J connectivity index is 5.19. The molecule has 0 radical (unpaired) electrons. The summed E-state index contributed by atoms with van der Waals surface area (Å²) in [6.07, 6.45) is 0.436. The maximum Gasteiger partial charge on any atom is 0.326 e. The number of hydrogen-bond acceptors (Lipinski definition) is 9. The van der Waals surface area contributed by atoms with Gasteiger partial charge in [-0.05, 0) is 31.8 Å².